The standard InChI is InChI=1S/C20H25N3O6/c1-2-3-8-28-22-13-6-7-14(21(10-13)20(22)27)19(26)29-23-17(24)15-11-4-5-12(9-11)16(15)18(23)25/h4-5,11-16H,2-3,6-10H2,1H3/t11?,12?,13-,14-,15?,16?/m0/s1. The quantitative estimate of drug-likeness (QED) is 0.376. The summed E-state index contributed by atoms with van der Waals surface area (Å²) in [7, 11) is 0. The van der Waals surface area contributed by atoms with Crippen LogP contribution in [0.15, 0.2) is 12.2 Å². The molecule has 0 radical (unpaired) electrons. The zero-order valence-corrected chi connectivity index (χ0v) is 16.4. The van der Waals surface area contributed by atoms with Crippen molar-refractivity contribution in [1.29, 1.82) is 0 Å². The lowest BCUT2D eigenvalue weighted by Crippen LogP contribution is -2.48. The van der Waals surface area contributed by atoms with E-state index in [-0.39, 0.29) is 23.9 Å². The second kappa shape index (κ2) is 6.83. The van der Waals surface area contributed by atoms with Gasteiger partial charge in [0.25, 0.3) is 11.8 Å². The van der Waals surface area contributed by atoms with Crippen LogP contribution in [0.4, 0.5) is 4.79 Å². The first-order valence-corrected chi connectivity index (χ1v) is 10.5. The second-order valence-corrected chi connectivity index (χ2v) is 8.58. The van der Waals surface area contributed by atoms with Gasteiger partial charge >= 0.3 is 12.0 Å². The molecule has 0 aromatic rings. The minimum atomic E-state index is -0.811. The third-order valence-electron chi connectivity index (χ3n) is 6.93. The maximum absolute atomic E-state index is 12.8. The number of carbonyl (C=O) groups is 4. The van der Waals surface area contributed by atoms with Gasteiger partial charge in [-0.25, -0.2) is 9.59 Å². The summed E-state index contributed by atoms with van der Waals surface area (Å²) >= 11 is 0. The van der Waals surface area contributed by atoms with Crippen molar-refractivity contribution in [3.05, 3.63) is 12.2 Å². The molecule has 3 heterocycles. The molecule has 6 atom stereocenters. The van der Waals surface area contributed by atoms with Crippen molar-refractivity contribution in [2.24, 2.45) is 23.7 Å². The van der Waals surface area contributed by atoms with Gasteiger partial charge in [-0.2, -0.15) is 5.06 Å². The topological polar surface area (TPSA) is 96.5 Å². The lowest BCUT2D eigenvalue weighted by Gasteiger charge is -2.29. The van der Waals surface area contributed by atoms with Gasteiger partial charge in [0.1, 0.15) is 6.04 Å². The SMILES string of the molecule is CCCCON1C(=O)N2C[C@@H]1CC[C@H]2C(=O)ON1C(=O)C2C3C=CC(C3)C2C1=O. The summed E-state index contributed by atoms with van der Waals surface area (Å²) in [6.45, 7) is 2.88. The van der Waals surface area contributed by atoms with E-state index < -0.39 is 35.7 Å². The van der Waals surface area contributed by atoms with Crippen LogP contribution >= 0.6 is 0 Å². The molecule has 0 aromatic heterocycles. The van der Waals surface area contributed by atoms with Gasteiger partial charge in [0.2, 0.25) is 0 Å². The minimum Gasteiger partial charge on any atom is -0.328 e. The maximum atomic E-state index is 12.8. The first kappa shape index (κ1) is 18.6. The molecule has 1 saturated carbocycles. The summed E-state index contributed by atoms with van der Waals surface area (Å²) in [6, 6.07) is -1.25. The number of urea groups is 1. The van der Waals surface area contributed by atoms with E-state index in [0.29, 0.717) is 31.1 Å². The average molecular weight is 403 g/mol. The second-order valence-electron chi connectivity index (χ2n) is 8.58. The molecule has 5 rings (SSSR count). The molecule has 0 aromatic carbocycles. The van der Waals surface area contributed by atoms with Crippen LogP contribution in [0, 0.1) is 23.7 Å². The van der Waals surface area contributed by atoms with Gasteiger partial charge in [-0.1, -0.05) is 25.5 Å². The molecule has 0 N–H and O–H groups in total. The van der Waals surface area contributed by atoms with Crippen LogP contribution in [0.2, 0.25) is 0 Å². The number of rotatable bonds is 6. The van der Waals surface area contributed by atoms with Crippen molar-refractivity contribution < 1.29 is 28.9 Å². The Kier molecular flexibility index (Phi) is 4.38. The van der Waals surface area contributed by atoms with E-state index in [0.717, 1.165) is 19.3 Å². The van der Waals surface area contributed by atoms with Crippen molar-refractivity contribution >= 4 is 23.8 Å². The Labute approximate surface area is 168 Å². The molecule has 9 nitrogen and oxygen atoms in total. The van der Waals surface area contributed by atoms with Crippen molar-refractivity contribution in [3.8, 4) is 0 Å². The predicted molar refractivity (Wildman–Crippen MR) is 97.3 cm³/mol. The number of unbranched alkanes of at least 4 members (excludes halogenated alkanes) is 1. The van der Waals surface area contributed by atoms with E-state index in [4.69, 9.17) is 9.68 Å². The Balaban J connectivity index is 1.25. The average Bonchev–Trinajstić information content (AvgIpc) is 3.44. The molecule has 156 valence electrons. The molecular formula is C20H25N3O6. The summed E-state index contributed by atoms with van der Waals surface area (Å²) in [4.78, 5) is 63.2. The van der Waals surface area contributed by atoms with Crippen LogP contribution in [0.25, 0.3) is 0 Å². The number of allylic oxidation sites excluding steroid dienone is 2. The summed E-state index contributed by atoms with van der Waals surface area (Å²) < 4.78 is 0. The highest BCUT2D eigenvalue weighted by molar-refractivity contribution is 6.06. The molecule has 4 bridgehead atoms. The normalized spacial score (nSPS) is 37.1. The molecule has 9 heteroatoms. The fourth-order valence-electron chi connectivity index (χ4n) is 5.47. The summed E-state index contributed by atoms with van der Waals surface area (Å²) in [5.74, 6) is -2.33. The lowest BCUT2D eigenvalue weighted by molar-refractivity contribution is -0.202. The Morgan fingerprint density at radius 1 is 1.10 bits per heavy atom. The molecule has 3 saturated heterocycles. The van der Waals surface area contributed by atoms with Crippen LogP contribution in [0.3, 0.4) is 0 Å². The maximum Gasteiger partial charge on any atom is 0.355 e. The van der Waals surface area contributed by atoms with Crippen molar-refractivity contribution in [3.63, 3.8) is 0 Å². The fourth-order valence-corrected chi connectivity index (χ4v) is 5.47. The molecule has 0 spiro atoms. The van der Waals surface area contributed by atoms with E-state index in [1.807, 2.05) is 19.1 Å². The molecule has 3 aliphatic heterocycles. The molecular weight excluding hydrogens is 378 g/mol. The van der Waals surface area contributed by atoms with Gasteiger partial charge in [0.05, 0.1) is 24.5 Å². The van der Waals surface area contributed by atoms with Crippen LogP contribution in [-0.2, 0) is 24.1 Å². The third-order valence-corrected chi connectivity index (χ3v) is 6.93. The van der Waals surface area contributed by atoms with Gasteiger partial charge in [0.15, 0.2) is 0 Å². The lowest BCUT2D eigenvalue weighted by atomic mass is 9.85. The molecule has 4 unspecified atom stereocenters. The summed E-state index contributed by atoms with van der Waals surface area (Å²) in [6.07, 6.45) is 7.62. The monoisotopic (exact) mass is 403 g/mol. The van der Waals surface area contributed by atoms with E-state index in [1.54, 1.807) is 0 Å². The summed E-state index contributed by atoms with van der Waals surface area (Å²) in [5, 5.41) is 2.02. The number of amides is 4. The van der Waals surface area contributed by atoms with E-state index in [1.165, 1.54) is 9.96 Å². The van der Waals surface area contributed by atoms with Gasteiger partial charge in [-0.05, 0) is 37.5 Å². The zero-order valence-electron chi connectivity index (χ0n) is 16.4. The van der Waals surface area contributed by atoms with Crippen molar-refractivity contribution in [2.75, 3.05) is 13.2 Å². The summed E-state index contributed by atoms with van der Waals surface area (Å²) in [5.41, 5.74) is 0. The van der Waals surface area contributed by atoms with Crippen molar-refractivity contribution in [1.82, 2.24) is 15.0 Å². The Morgan fingerprint density at radius 3 is 2.45 bits per heavy atom. The van der Waals surface area contributed by atoms with Crippen LogP contribution in [0.5, 0.6) is 0 Å². The molecule has 4 fully saturated rings. The number of piperidine rings is 1. The number of hydrogen-bond acceptors (Lipinski definition) is 6. The zero-order chi connectivity index (χ0) is 20.3. The van der Waals surface area contributed by atoms with E-state index >= 15 is 0 Å². The highest BCUT2D eigenvalue weighted by Crippen LogP contribution is 2.52. The predicted octanol–water partition coefficient (Wildman–Crippen LogP) is 1.25. The van der Waals surface area contributed by atoms with E-state index in [9.17, 15) is 19.2 Å². The van der Waals surface area contributed by atoms with Gasteiger partial charge < -0.3 is 9.74 Å². The van der Waals surface area contributed by atoms with Gasteiger partial charge in [-0.15, -0.1) is 5.06 Å². The van der Waals surface area contributed by atoms with Crippen LogP contribution in [-0.4, -0.2) is 64.1 Å². The largest absolute Gasteiger partial charge is 0.355 e. The van der Waals surface area contributed by atoms with Crippen LogP contribution < -0.4 is 0 Å². The minimum absolute atomic E-state index is 0.0505. The van der Waals surface area contributed by atoms with E-state index in [2.05, 4.69) is 0 Å². The number of hydrogen-bond donors (Lipinski definition) is 0. The Bertz CT molecular complexity index is 767. The third kappa shape index (κ3) is 2.70. The molecule has 29 heavy (non-hydrogen) atoms. The van der Waals surface area contributed by atoms with Crippen molar-refractivity contribution in [2.45, 2.75) is 51.1 Å². The fraction of sp³-hybridized carbons (Fsp3) is 0.700. The molecule has 5 aliphatic rings. The van der Waals surface area contributed by atoms with Gasteiger partial charge in [-0.3, -0.25) is 14.4 Å². The number of hydroxylamine groups is 4. The molecule has 2 aliphatic carbocycles. The first-order chi connectivity index (χ1) is 14.0. The number of carbonyl (C=O) groups excluding carboxylic acids is 4. The smallest absolute Gasteiger partial charge is 0.328 e. The number of nitrogens with zero attached hydrogens (tertiary/aromatic N) is 3. The Hall–Kier alpha value is -2.42. The molecule has 4 amide bonds. The van der Waals surface area contributed by atoms with Crippen LogP contribution in [0.1, 0.15) is 39.0 Å². The Morgan fingerprint density at radius 2 is 1.79 bits per heavy atom. The number of imide groups is 1. The number of fused-ring (bicyclic) bond motifs is 7. The highest BCUT2D eigenvalue weighted by atomic mass is 16.7. The first-order valence-electron chi connectivity index (χ1n) is 10.5. The highest BCUT2D eigenvalue weighted by Gasteiger charge is 2.61. The van der Waals surface area contributed by atoms with Gasteiger partial charge in [0, 0.05) is 6.54 Å².